The molecule has 0 amide bonds. The van der Waals surface area contributed by atoms with E-state index in [0.29, 0.717) is 0 Å². The van der Waals surface area contributed by atoms with Gasteiger partial charge in [0.1, 0.15) is 6.33 Å². The van der Waals surface area contributed by atoms with Crippen molar-refractivity contribution in [3.8, 4) is 0 Å². The summed E-state index contributed by atoms with van der Waals surface area (Å²) in [6.07, 6.45) is 10.1. The highest BCUT2D eigenvalue weighted by molar-refractivity contribution is 5.81. The van der Waals surface area contributed by atoms with Gasteiger partial charge in [-0.15, -0.1) is 5.10 Å². The van der Waals surface area contributed by atoms with Crippen LogP contribution in [0, 0.1) is 0 Å². The van der Waals surface area contributed by atoms with Crippen molar-refractivity contribution >= 4 is 17.0 Å². The lowest BCUT2D eigenvalue weighted by Crippen LogP contribution is -2.06. The summed E-state index contributed by atoms with van der Waals surface area (Å²) in [4.78, 5) is 8.42. The van der Waals surface area contributed by atoms with Crippen LogP contribution in [0.4, 0.5) is 5.82 Å². The van der Waals surface area contributed by atoms with Gasteiger partial charge in [-0.3, -0.25) is 0 Å². The molecule has 6 heteroatoms. The predicted molar refractivity (Wildman–Crippen MR) is 73.8 cm³/mol. The number of nitrogens with one attached hydrogen (secondary N) is 1. The average molecular weight is 258 g/mol. The van der Waals surface area contributed by atoms with E-state index in [2.05, 4.69) is 31.7 Å². The second-order valence-electron chi connectivity index (χ2n) is 4.89. The van der Waals surface area contributed by atoms with E-state index in [9.17, 15) is 0 Å². The van der Waals surface area contributed by atoms with E-state index in [1.807, 2.05) is 7.05 Å². The van der Waals surface area contributed by atoms with Crippen LogP contribution in [-0.4, -0.2) is 31.5 Å². The molecule has 0 spiro atoms. The van der Waals surface area contributed by atoms with Crippen molar-refractivity contribution in [3.05, 3.63) is 18.0 Å². The Morgan fingerprint density at radius 1 is 1.32 bits per heavy atom. The summed E-state index contributed by atoms with van der Waals surface area (Å²) in [5, 5.41) is 11.4. The summed E-state index contributed by atoms with van der Waals surface area (Å²) < 4.78 is 1.66. The van der Waals surface area contributed by atoms with E-state index in [4.69, 9.17) is 0 Å². The number of hydrogen-bond donors (Lipinski definition) is 1. The molecule has 1 aliphatic rings. The minimum absolute atomic E-state index is 0.739. The highest BCUT2D eigenvalue weighted by Crippen LogP contribution is 2.20. The summed E-state index contributed by atoms with van der Waals surface area (Å²) in [7, 11) is 1.83. The van der Waals surface area contributed by atoms with Crippen LogP contribution in [0.3, 0.4) is 0 Å². The van der Waals surface area contributed by atoms with Gasteiger partial charge in [-0.25, -0.2) is 14.6 Å². The predicted octanol–water partition coefficient (Wildman–Crippen LogP) is 2.06. The molecule has 0 radical (unpaired) electrons. The average Bonchev–Trinajstić information content (AvgIpc) is 2.83. The van der Waals surface area contributed by atoms with Crippen LogP contribution in [0.25, 0.3) is 11.2 Å². The molecule has 2 aromatic rings. The van der Waals surface area contributed by atoms with Crippen LogP contribution in [0.1, 0.15) is 32.1 Å². The standard InChI is InChI=1S/C13H18N6/c1-19-13-11(17-18-19)12(15-9-16-13)14-8-7-10-5-3-2-4-6-10/h5,9H,2-4,6-8H2,1H3,(H,14,15,16). The van der Waals surface area contributed by atoms with E-state index >= 15 is 0 Å². The number of rotatable bonds is 4. The maximum atomic E-state index is 4.25. The fourth-order valence-corrected chi connectivity index (χ4v) is 2.46. The third-order valence-corrected chi connectivity index (χ3v) is 3.51. The summed E-state index contributed by atoms with van der Waals surface area (Å²) >= 11 is 0. The molecule has 2 heterocycles. The van der Waals surface area contributed by atoms with Crippen molar-refractivity contribution in [3.63, 3.8) is 0 Å². The van der Waals surface area contributed by atoms with Crippen molar-refractivity contribution in [1.82, 2.24) is 25.0 Å². The molecular weight excluding hydrogens is 240 g/mol. The van der Waals surface area contributed by atoms with Crippen molar-refractivity contribution in [2.45, 2.75) is 32.1 Å². The molecule has 0 saturated carbocycles. The van der Waals surface area contributed by atoms with Gasteiger partial charge in [-0.05, 0) is 32.1 Å². The zero-order valence-corrected chi connectivity index (χ0v) is 11.1. The Morgan fingerprint density at radius 2 is 2.26 bits per heavy atom. The van der Waals surface area contributed by atoms with E-state index < -0.39 is 0 Å². The van der Waals surface area contributed by atoms with E-state index in [1.165, 1.54) is 25.7 Å². The molecule has 1 N–H and O–H groups in total. The first-order chi connectivity index (χ1) is 9.34. The Balaban J connectivity index is 1.66. The van der Waals surface area contributed by atoms with Crippen LogP contribution >= 0.6 is 0 Å². The largest absolute Gasteiger partial charge is 0.368 e. The van der Waals surface area contributed by atoms with E-state index in [1.54, 1.807) is 16.6 Å². The molecule has 0 bridgehead atoms. The summed E-state index contributed by atoms with van der Waals surface area (Å²) in [6.45, 7) is 0.883. The van der Waals surface area contributed by atoms with Gasteiger partial charge in [0.15, 0.2) is 17.0 Å². The van der Waals surface area contributed by atoms with Gasteiger partial charge in [0.05, 0.1) is 0 Å². The quantitative estimate of drug-likeness (QED) is 0.850. The lowest BCUT2D eigenvalue weighted by Gasteiger charge is -2.13. The maximum Gasteiger partial charge on any atom is 0.183 e. The number of hydrogen-bond acceptors (Lipinski definition) is 5. The Labute approximate surface area is 111 Å². The van der Waals surface area contributed by atoms with Crippen LogP contribution in [0.2, 0.25) is 0 Å². The maximum absolute atomic E-state index is 4.25. The number of aryl methyl sites for hydroxylation is 1. The number of anilines is 1. The first-order valence-electron chi connectivity index (χ1n) is 6.77. The second-order valence-corrected chi connectivity index (χ2v) is 4.89. The lowest BCUT2D eigenvalue weighted by molar-refractivity contribution is 0.679. The minimum atomic E-state index is 0.739. The molecule has 0 saturated heterocycles. The Kier molecular flexibility index (Phi) is 3.39. The highest BCUT2D eigenvalue weighted by atomic mass is 15.4. The number of aromatic nitrogens is 5. The third-order valence-electron chi connectivity index (χ3n) is 3.51. The van der Waals surface area contributed by atoms with Gasteiger partial charge in [0.2, 0.25) is 0 Å². The first kappa shape index (κ1) is 12.1. The molecule has 0 fully saturated rings. The van der Waals surface area contributed by atoms with E-state index in [0.717, 1.165) is 29.9 Å². The fourth-order valence-electron chi connectivity index (χ4n) is 2.46. The van der Waals surface area contributed by atoms with Crippen molar-refractivity contribution in [2.75, 3.05) is 11.9 Å². The minimum Gasteiger partial charge on any atom is -0.368 e. The monoisotopic (exact) mass is 258 g/mol. The summed E-state index contributed by atoms with van der Waals surface area (Å²) in [5.74, 6) is 0.773. The van der Waals surface area contributed by atoms with Gasteiger partial charge < -0.3 is 5.32 Å². The smallest absolute Gasteiger partial charge is 0.183 e. The lowest BCUT2D eigenvalue weighted by atomic mass is 9.97. The van der Waals surface area contributed by atoms with Crippen molar-refractivity contribution in [2.24, 2.45) is 7.05 Å². The summed E-state index contributed by atoms with van der Waals surface area (Å²) in [6, 6.07) is 0. The molecule has 100 valence electrons. The molecule has 0 aliphatic heterocycles. The zero-order valence-electron chi connectivity index (χ0n) is 11.1. The van der Waals surface area contributed by atoms with Gasteiger partial charge in [-0.2, -0.15) is 0 Å². The molecule has 2 aromatic heterocycles. The molecule has 3 rings (SSSR count). The van der Waals surface area contributed by atoms with Crippen LogP contribution in [-0.2, 0) is 7.05 Å². The zero-order chi connectivity index (χ0) is 13.1. The van der Waals surface area contributed by atoms with Crippen LogP contribution in [0.15, 0.2) is 18.0 Å². The SMILES string of the molecule is Cn1nnc2c(NCCC3=CCCCC3)ncnc21. The Hall–Kier alpha value is -1.98. The molecule has 1 aliphatic carbocycles. The number of allylic oxidation sites excluding steroid dienone is 1. The highest BCUT2D eigenvalue weighted by Gasteiger charge is 2.09. The molecule has 0 aromatic carbocycles. The topological polar surface area (TPSA) is 68.5 Å². The van der Waals surface area contributed by atoms with Crippen LogP contribution in [0.5, 0.6) is 0 Å². The van der Waals surface area contributed by atoms with Crippen LogP contribution < -0.4 is 5.32 Å². The van der Waals surface area contributed by atoms with Crippen molar-refractivity contribution in [1.29, 1.82) is 0 Å². The first-order valence-corrected chi connectivity index (χ1v) is 6.77. The fraction of sp³-hybridized carbons (Fsp3) is 0.538. The number of fused-ring (bicyclic) bond motifs is 1. The molecule has 0 unspecified atom stereocenters. The van der Waals surface area contributed by atoms with E-state index in [-0.39, 0.29) is 0 Å². The van der Waals surface area contributed by atoms with Crippen molar-refractivity contribution < 1.29 is 0 Å². The molecule has 0 atom stereocenters. The van der Waals surface area contributed by atoms with Gasteiger partial charge in [0, 0.05) is 13.6 Å². The molecular formula is C13H18N6. The van der Waals surface area contributed by atoms with Gasteiger partial charge in [-0.1, -0.05) is 16.9 Å². The molecule has 6 nitrogen and oxygen atoms in total. The normalized spacial score (nSPS) is 15.5. The number of nitrogens with zero attached hydrogens (tertiary/aromatic N) is 5. The summed E-state index contributed by atoms with van der Waals surface area (Å²) in [5.41, 5.74) is 3.06. The van der Waals surface area contributed by atoms with Gasteiger partial charge >= 0.3 is 0 Å². The third kappa shape index (κ3) is 2.57. The Morgan fingerprint density at radius 3 is 3.11 bits per heavy atom. The van der Waals surface area contributed by atoms with Gasteiger partial charge in [0.25, 0.3) is 0 Å². The Bertz CT molecular complexity index is 600. The second kappa shape index (κ2) is 5.34. The molecule has 19 heavy (non-hydrogen) atoms.